The number of piperazine rings is 1. The number of hydrogen-bond acceptors (Lipinski definition) is 6. The van der Waals surface area contributed by atoms with Crippen molar-refractivity contribution in [3.63, 3.8) is 0 Å². The molecule has 1 amide bonds. The van der Waals surface area contributed by atoms with Gasteiger partial charge in [-0.2, -0.15) is 0 Å². The molecule has 0 radical (unpaired) electrons. The number of anilines is 1. The zero-order chi connectivity index (χ0) is 16.9. The third kappa shape index (κ3) is 3.56. The standard InChI is InChI=1S/C17H19N3O3S/c1-2-23-17(22)13-5-6-15(18-12-13)19-7-9-20(10-8-19)16(21)14-4-3-11-24-14/h3-6,11-12H,2,7-10H2,1H3. The second-order valence-electron chi connectivity index (χ2n) is 5.38. The van der Waals surface area contributed by atoms with E-state index in [4.69, 9.17) is 4.74 Å². The molecule has 1 aliphatic heterocycles. The minimum atomic E-state index is -0.358. The van der Waals surface area contributed by atoms with Crippen LogP contribution in [0.4, 0.5) is 5.82 Å². The fourth-order valence-electron chi connectivity index (χ4n) is 2.60. The molecule has 7 heteroatoms. The lowest BCUT2D eigenvalue weighted by Gasteiger charge is -2.35. The quantitative estimate of drug-likeness (QED) is 0.796. The van der Waals surface area contributed by atoms with Crippen molar-refractivity contribution < 1.29 is 14.3 Å². The van der Waals surface area contributed by atoms with Crippen LogP contribution in [0, 0.1) is 0 Å². The summed E-state index contributed by atoms with van der Waals surface area (Å²) in [5, 5.41) is 1.92. The van der Waals surface area contributed by atoms with Crippen LogP contribution in [-0.2, 0) is 4.74 Å². The van der Waals surface area contributed by atoms with Crippen LogP contribution in [0.3, 0.4) is 0 Å². The molecular formula is C17H19N3O3S. The smallest absolute Gasteiger partial charge is 0.339 e. The van der Waals surface area contributed by atoms with Crippen molar-refractivity contribution in [2.45, 2.75) is 6.92 Å². The first-order valence-corrected chi connectivity index (χ1v) is 8.78. The van der Waals surface area contributed by atoms with Gasteiger partial charge in [0.1, 0.15) is 5.82 Å². The van der Waals surface area contributed by atoms with Crippen molar-refractivity contribution in [1.29, 1.82) is 0 Å². The highest BCUT2D eigenvalue weighted by molar-refractivity contribution is 7.12. The summed E-state index contributed by atoms with van der Waals surface area (Å²) >= 11 is 1.47. The molecule has 0 N–H and O–H groups in total. The Bertz CT molecular complexity index is 692. The van der Waals surface area contributed by atoms with Crippen molar-refractivity contribution >= 4 is 29.0 Å². The van der Waals surface area contributed by atoms with Gasteiger partial charge in [0.25, 0.3) is 5.91 Å². The number of amides is 1. The van der Waals surface area contributed by atoms with E-state index in [1.54, 1.807) is 13.0 Å². The highest BCUT2D eigenvalue weighted by atomic mass is 32.1. The van der Waals surface area contributed by atoms with Gasteiger partial charge in [-0.25, -0.2) is 9.78 Å². The normalized spacial score (nSPS) is 14.5. The number of carbonyl (C=O) groups excluding carboxylic acids is 2. The van der Waals surface area contributed by atoms with Crippen molar-refractivity contribution in [2.75, 3.05) is 37.7 Å². The van der Waals surface area contributed by atoms with Crippen LogP contribution in [0.1, 0.15) is 27.0 Å². The summed E-state index contributed by atoms with van der Waals surface area (Å²) in [6, 6.07) is 7.30. The number of carbonyl (C=O) groups is 2. The average Bonchev–Trinajstić information content (AvgIpc) is 3.16. The summed E-state index contributed by atoms with van der Waals surface area (Å²) in [7, 11) is 0. The Labute approximate surface area is 144 Å². The largest absolute Gasteiger partial charge is 0.462 e. The minimum absolute atomic E-state index is 0.0928. The number of pyridine rings is 1. The van der Waals surface area contributed by atoms with Gasteiger partial charge in [-0.1, -0.05) is 6.07 Å². The molecule has 0 spiro atoms. The molecule has 24 heavy (non-hydrogen) atoms. The molecule has 1 saturated heterocycles. The van der Waals surface area contributed by atoms with Crippen LogP contribution >= 0.6 is 11.3 Å². The van der Waals surface area contributed by atoms with Crippen LogP contribution in [-0.4, -0.2) is 54.5 Å². The molecule has 1 fully saturated rings. The Morgan fingerprint density at radius 2 is 2.00 bits per heavy atom. The molecule has 0 aliphatic carbocycles. The Morgan fingerprint density at radius 3 is 2.58 bits per heavy atom. The summed E-state index contributed by atoms with van der Waals surface area (Å²) in [5.74, 6) is 0.546. The molecule has 2 aromatic rings. The lowest BCUT2D eigenvalue weighted by Crippen LogP contribution is -2.48. The second kappa shape index (κ2) is 7.44. The summed E-state index contributed by atoms with van der Waals surface area (Å²) < 4.78 is 4.95. The van der Waals surface area contributed by atoms with Gasteiger partial charge < -0.3 is 14.5 Å². The summed E-state index contributed by atoms with van der Waals surface area (Å²) in [5.41, 5.74) is 0.451. The maximum atomic E-state index is 12.3. The Hall–Kier alpha value is -2.41. The molecule has 2 aromatic heterocycles. The van der Waals surface area contributed by atoms with Gasteiger partial charge in [0.2, 0.25) is 0 Å². The van der Waals surface area contributed by atoms with E-state index in [1.807, 2.05) is 28.5 Å². The summed E-state index contributed by atoms with van der Waals surface area (Å²) in [6.07, 6.45) is 1.54. The number of thiophene rings is 1. The number of rotatable bonds is 4. The second-order valence-corrected chi connectivity index (χ2v) is 6.33. The molecule has 3 rings (SSSR count). The number of ether oxygens (including phenoxy) is 1. The molecule has 0 aromatic carbocycles. The van der Waals surface area contributed by atoms with Crippen molar-refractivity contribution in [3.8, 4) is 0 Å². The Balaban J connectivity index is 1.58. The monoisotopic (exact) mass is 345 g/mol. The highest BCUT2D eigenvalue weighted by Gasteiger charge is 2.23. The fraction of sp³-hybridized carbons (Fsp3) is 0.353. The van der Waals surface area contributed by atoms with Crippen LogP contribution in [0.15, 0.2) is 35.8 Å². The summed E-state index contributed by atoms with van der Waals surface area (Å²) in [4.78, 5) is 33.1. The Morgan fingerprint density at radius 1 is 1.21 bits per heavy atom. The maximum Gasteiger partial charge on any atom is 0.339 e. The molecule has 0 saturated carbocycles. The van der Waals surface area contributed by atoms with E-state index < -0.39 is 0 Å². The van der Waals surface area contributed by atoms with E-state index in [2.05, 4.69) is 9.88 Å². The number of esters is 1. The number of nitrogens with zero attached hydrogens (tertiary/aromatic N) is 3. The van der Waals surface area contributed by atoms with Crippen molar-refractivity contribution in [3.05, 3.63) is 46.3 Å². The Kier molecular flexibility index (Phi) is 5.10. The van der Waals surface area contributed by atoms with Gasteiger partial charge in [-0.05, 0) is 30.5 Å². The van der Waals surface area contributed by atoms with Gasteiger partial charge >= 0.3 is 5.97 Å². The lowest BCUT2D eigenvalue weighted by molar-refractivity contribution is 0.0525. The van der Waals surface area contributed by atoms with Crippen molar-refractivity contribution in [1.82, 2.24) is 9.88 Å². The van der Waals surface area contributed by atoms with E-state index in [0.717, 1.165) is 23.8 Å². The molecule has 0 bridgehead atoms. The zero-order valence-electron chi connectivity index (χ0n) is 13.5. The first-order chi connectivity index (χ1) is 11.7. The van der Waals surface area contributed by atoms with Gasteiger partial charge in [0.05, 0.1) is 17.0 Å². The fourth-order valence-corrected chi connectivity index (χ4v) is 3.29. The predicted octanol–water partition coefficient (Wildman–Crippen LogP) is 2.28. The van der Waals surface area contributed by atoms with Crippen LogP contribution in [0.2, 0.25) is 0 Å². The van der Waals surface area contributed by atoms with E-state index >= 15 is 0 Å². The third-order valence-electron chi connectivity index (χ3n) is 3.88. The van der Waals surface area contributed by atoms with Crippen LogP contribution in [0.25, 0.3) is 0 Å². The number of hydrogen-bond donors (Lipinski definition) is 0. The predicted molar refractivity (Wildman–Crippen MR) is 92.6 cm³/mol. The molecule has 3 heterocycles. The third-order valence-corrected chi connectivity index (χ3v) is 4.74. The molecule has 0 atom stereocenters. The van der Waals surface area contributed by atoms with Crippen molar-refractivity contribution in [2.24, 2.45) is 0 Å². The first kappa shape index (κ1) is 16.4. The van der Waals surface area contributed by atoms with Gasteiger partial charge in [0, 0.05) is 32.4 Å². The van der Waals surface area contributed by atoms with E-state index in [-0.39, 0.29) is 11.9 Å². The van der Waals surface area contributed by atoms with Gasteiger partial charge in [-0.3, -0.25) is 4.79 Å². The minimum Gasteiger partial charge on any atom is -0.462 e. The lowest BCUT2D eigenvalue weighted by atomic mass is 10.2. The molecule has 6 nitrogen and oxygen atoms in total. The average molecular weight is 345 g/mol. The van der Waals surface area contributed by atoms with E-state index in [0.29, 0.717) is 25.3 Å². The van der Waals surface area contributed by atoms with Crippen LogP contribution in [0.5, 0.6) is 0 Å². The van der Waals surface area contributed by atoms with E-state index in [1.165, 1.54) is 17.5 Å². The first-order valence-electron chi connectivity index (χ1n) is 7.90. The van der Waals surface area contributed by atoms with Crippen LogP contribution < -0.4 is 4.90 Å². The molecular weight excluding hydrogens is 326 g/mol. The zero-order valence-corrected chi connectivity index (χ0v) is 14.3. The van der Waals surface area contributed by atoms with Gasteiger partial charge in [0.15, 0.2) is 0 Å². The highest BCUT2D eigenvalue weighted by Crippen LogP contribution is 2.17. The SMILES string of the molecule is CCOC(=O)c1ccc(N2CCN(C(=O)c3cccs3)CC2)nc1. The molecule has 126 valence electrons. The summed E-state index contributed by atoms with van der Waals surface area (Å²) in [6.45, 7) is 4.90. The van der Waals surface area contributed by atoms with E-state index in [9.17, 15) is 9.59 Å². The molecule has 1 aliphatic rings. The maximum absolute atomic E-state index is 12.3. The molecule has 0 unspecified atom stereocenters. The topological polar surface area (TPSA) is 62.7 Å². The number of aromatic nitrogens is 1. The van der Waals surface area contributed by atoms with Gasteiger partial charge in [-0.15, -0.1) is 11.3 Å².